The second kappa shape index (κ2) is 8.40. The normalized spacial score (nSPS) is 12.7. The zero-order chi connectivity index (χ0) is 21.8. The van der Waals surface area contributed by atoms with Crippen LogP contribution >= 0.6 is 0 Å². The molecule has 31 heavy (non-hydrogen) atoms. The molecule has 1 N–H and O–H groups in total. The van der Waals surface area contributed by atoms with Gasteiger partial charge in [-0.05, 0) is 24.6 Å². The van der Waals surface area contributed by atoms with E-state index in [-0.39, 0.29) is 5.91 Å². The van der Waals surface area contributed by atoms with Crippen LogP contribution < -0.4 is 5.32 Å². The van der Waals surface area contributed by atoms with Gasteiger partial charge in [0.1, 0.15) is 0 Å². The van der Waals surface area contributed by atoms with E-state index in [4.69, 9.17) is 9.72 Å². The lowest BCUT2D eigenvalue weighted by Crippen LogP contribution is -2.50. The van der Waals surface area contributed by atoms with E-state index in [1.807, 2.05) is 72.8 Å². The van der Waals surface area contributed by atoms with Crippen LogP contribution in [-0.4, -0.2) is 24.0 Å². The van der Waals surface area contributed by atoms with E-state index >= 15 is 0 Å². The number of esters is 1. The number of carbonyl (C=O) groups excluding carboxylic acids is 2. The van der Waals surface area contributed by atoms with Crippen LogP contribution in [0.4, 0.5) is 0 Å². The van der Waals surface area contributed by atoms with E-state index in [9.17, 15) is 9.59 Å². The Bertz CT molecular complexity index is 1240. The van der Waals surface area contributed by atoms with Crippen molar-refractivity contribution >= 4 is 22.8 Å². The third kappa shape index (κ3) is 3.90. The third-order valence-corrected chi connectivity index (χ3v) is 5.34. The lowest BCUT2D eigenvalue weighted by Gasteiger charge is -2.28. The lowest BCUT2D eigenvalue weighted by molar-refractivity contribution is -0.147. The molecule has 5 heteroatoms. The predicted octanol–water partition coefficient (Wildman–Crippen LogP) is 4.72. The number of hydrogen-bond acceptors (Lipinski definition) is 4. The Labute approximate surface area is 180 Å². The van der Waals surface area contributed by atoms with Gasteiger partial charge in [-0.25, -0.2) is 9.78 Å². The van der Waals surface area contributed by atoms with Gasteiger partial charge in [0.15, 0.2) is 5.54 Å². The van der Waals surface area contributed by atoms with Gasteiger partial charge < -0.3 is 10.1 Å². The van der Waals surface area contributed by atoms with Crippen LogP contribution in [0.5, 0.6) is 0 Å². The number of pyridine rings is 1. The number of rotatable bonds is 5. The van der Waals surface area contributed by atoms with Gasteiger partial charge in [0.2, 0.25) is 0 Å². The number of methoxy groups -OCH3 is 1. The number of fused-ring (bicyclic) bond motifs is 1. The van der Waals surface area contributed by atoms with Gasteiger partial charge >= 0.3 is 5.97 Å². The Hall–Kier alpha value is -3.99. The first-order valence-corrected chi connectivity index (χ1v) is 9.94. The highest BCUT2D eigenvalue weighted by atomic mass is 16.5. The Balaban J connectivity index is 1.82. The van der Waals surface area contributed by atoms with Gasteiger partial charge in [-0.1, -0.05) is 78.9 Å². The molecule has 4 rings (SSSR count). The summed E-state index contributed by atoms with van der Waals surface area (Å²) < 4.78 is 5.02. The maximum Gasteiger partial charge on any atom is 0.336 e. The Morgan fingerprint density at radius 2 is 1.48 bits per heavy atom. The van der Waals surface area contributed by atoms with Crippen LogP contribution in [0.2, 0.25) is 0 Å². The molecule has 0 radical (unpaired) electrons. The molecule has 0 aliphatic rings. The molecule has 5 nitrogen and oxygen atoms in total. The molecule has 0 aliphatic carbocycles. The summed E-state index contributed by atoms with van der Waals surface area (Å²) in [5, 5.41) is 3.61. The van der Waals surface area contributed by atoms with Crippen molar-refractivity contribution in [3.05, 3.63) is 102 Å². The van der Waals surface area contributed by atoms with Crippen molar-refractivity contribution in [2.75, 3.05) is 7.11 Å². The molecule has 0 fully saturated rings. The molecular weight excluding hydrogens is 388 g/mol. The monoisotopic (exact) mass is 410 g/mol. The fourth-order valence-corrected chi connectivity index (χ4v) is 3.63. The number of aromatic nitrogens is 1. The number of carbonyl (C=O) groups is 2. The topological polar surface area (TPSA) is 68.3 Å². The van der Waals surface area contributed by atoms with Crippen LogP contribution in [0.15, 0.2) is 91.0 Å². The average molecular weight is 410 g/mol. The SMILES string of the molecule is COC(=O)C(C)(NC(=O)c1cc(-c2ccccc2)nc2ccccc12)c1ccccc1. The minimum Gasteiger partial charge on any atom is -0.467 e. The number of para-hydroxylation sites is 1. The van der Waals surface area contributed by atoms with Crippen LogP contribution in [0.1, 0.15) is 22.8 Å². The summed E-state index contributed by atoms with van der Waals surface area (Å²) in [4.78, 5) is 30.9. The van der Waals surface area contributed by atoms with Crippen molar-refractivity contribution < 1.29 is 14.3 Å². The van der Waals surface area contributed by atoms with E-state index < -0.39 is 11.5 Å². The molecule has 1 aromatic heterocycles. The van der Waals surface area contributed by atoms with Crippen LogP contribution in [0, 0.1) is 0 Å². The van der Waals surface area contributed by atoms with Gasteiger partial charge in [0.25, 0.3) is 5.91 Å². The number of nitrogens with zero attached hydrogens (tertiary/aromatic N) is 1. The van der Waals surface area contributed by atoms with E-state index in [1.165, 1.54) is 7.11 Å². The number of amides is 1. The minimum atomic E-state index is -1.34. The van der Waals surface area contributed by atoms with E-state index in [2.05, 4.69) is 5.32 Å². The van der Waals surface area contributed by atoms with Gasteiger partial charge in [-0.3, -0.25) is 4.79 Å². The van der Waals surface area contributed by atoms with Gasteiger partial charge in [0.05, 0.1) is 23.9 Å². The molecule has 0 aliphatic heterocycles. The molecule has 1 unspecified atom stereocenters. The van der Waals surface area contributed by atoms with Crippen molar-refractivity contribution in [2.45, 2.75) is 12.5 Å². The van der Waals surface area contributed by atoms with E-state index in [1.54, 1.807) is 25.1 Å². The summed E-state index contributed by atoms with van der Waals surface area (Å²) in [7, 11) is 1.31. The summed E-state index contributed by atoms with van der Waals surface area (Å²) in [6.45, 7) is 1.65. The van der Waals surface area contributed by atoms with Crippen LogP contribution in [0.25, 0.3) is 22.2 Å². The average Bonchev–Trinajstić information content (AvgIpc) is 2.83. The highest BCUT2D eigenvalue weighted by Crippen LogP contribution is 2.27. The Morgan fingerprint density at radius 1 is 0.871 bits per heavy atom. The maximum absolute atomic E-state index is 13.5. The fraction of sp³-hybridized carbons (Fsp3) is 0.115. The van der Waals surface area contributed by atoms with Crippen molar-refractivity contribution in [1.82, 2.24) is 10.3 Å². The van der Waals surface area contributed by atoms with Gasteiger partial charge in [0, 0.05) is 10.9 Å². The van der Waals surface area contributed by atoms with Gasteiger partial charge in [-0.15, -0.1) is 0 Å². The first kappa shape index (κ1) is 20.3. The minimum absolute atomic E-state index is 0.382. The summed E-state index contributed by atoms with van der Waals surface area (Å²) in [5.41, 5.74) is 2.02. The summed E-state index contributed by atoms with van der Waals surface area (Å²) in [6.07, 6.45) is 0. The number of nitrogens with one attached hydrogen (secondary N) is 1. The standard InChI is InChI=1S/C26H22N2O3/c1-26(25(30)31-2,19-13-7-4-8-14-19)28-24(29)21-17-23(18-11-5-3-6-12-18)27-22-16-10-9-15-20(21)22/h3-17H,1-2H3,(H,28,29). The zero-order valence-corrected chi connectivity index (χ0v) is 17.3. The number of ether oxygens (including phenoxy) is 1. The molecule has 0 spiro atoms. The molecular formula is C26H22N2O3. The molecule has 154 valence electrons. The maximum atomic E-state index is 13.5. The molecule has 0 saturated heterocycles. The molecule has 4 aromatic rings. The van der Waals surface area contributed by atoms with Crippen molar-refractivity contribution in [2.24, 2.45) is 0 Å². The third-order valence-electron chi connectivity index (χ3n) is 5.34. The van der Waals surface area contributed by atoms with Gasteiger partial charge in [-0.2, -0.15) is 0 Å². The van der Waals surface area contributed by atoms with Crippen molar-refractivity contribution in [1.29, 1.82) is 0 Å². The largest absolute Gasteiger partial charge is 0.467 e. The molecule has 0 bridgehead atoms. The number of hydrogen-bond donors (Lipinski definition) is 1. The smallest absolute Gasteiger partial charge is 0.336 e. The lowest BCUT2D eigenvalue weighted by atomic mass is 9.91. The summed E-state index contributed by atoms with van der Waals surface area (Å²) in [5.74, 6) is -0.929. The zero-order valence-electron chi connectivity index (χ0n) is 17.3. The second-order valence-electron chi connectivity index (χ2n) is 7.37. The molecule has 3 aromatic carbocycles. The highest BCUT2D eigenvalue weighted by Gasteiger charge is 2.38. The first-order valence-electron chi connectivity index (χ1n) is 9.94. The summed E-state index contributed by atoms with van der Waals surface area (Å²) >= 11 is 0. The van der Waals surface area contributed by atoms with E-state index in [0.29, 0.717) is 27.7 Å². The van der Waals surface area contributed by atoms with Crippen molar-refractivity contribution in [3.63, 3.8) is 0 Å². The summed E-state index contributed by atoms with van der Waals surface area (Å²) in [6, 6.07) is 28.0. The molecule has 0 saturated carbocycles. The second-order valence-corrected chi connectivity index (χ2v) is 7.37. The Kier molecular flexibility index (Phi) is 5.50. The molecule has 1 amide bonds. The first-order chi connectivity index (χ1) is 15.0. The number of benzene rings is 3. The predicted molar refractivity (Wildman–Crippen MR) is 120 cm³/mol. The highest BCUT2D eigenvalue weighted by molar-refractivity contribution is 6.08. The molecule has 1 heterocycles. The van der Waals surface area contributed by atoms with Crippen molar-refractivity contribution in [3.8, 4) is 11.3 Å². The Morgan fingerprint density at radius 3 is 2.16 bits per heavy atom. The van der Waals surface area contributed by atoms with Crippen LogP contribution in [0.3, 0.4) is 0 Å². The van der Waals surface area contributed by atoms with E-state index in [0.717, 1.165) is 5.56 Å². The quantitative estimate of drug-likeness (QED) is 0.484. The fourth-order valence-electron chi connectivity index (χ4n) is 3.63. The van der Waals surface area contributed by atoms with Crippen LogP contribution in [-0.2, 0) is 15.1 Å². The molecule has 1 atom stereocenters.